The van der Waals surface area contributed by atoms with Crippen LogP contribution in [0.15, 0.2) is 12.2 Å². The molecule has 0 aromatic heterocycles. The van der Waals surface area contributed by atoms with Crippen molar-refractivity contribution in [3.63, 3.8) is 0 Å². The first-order chi connectivity index (χ1) is 12.8. The van der Waals surface area contributed by atoms with Gasteiger partial charge in [-0.3, -0.25) is 20.2 Å². The highest BCUT2D eigenvalue weighted by molar-refractivity contribution is 5.99. The van der Waals surface area contributed by atoms with Gasteiger partial charge in [-0.1, -0.05) is 27.7 Å². The number of esters is 2. The Bertz CT molecular complexity index is 616. The van der Waals surface area contributed by atoms with Crippen molar-refractivity contribution in [3.05, 3.63) is 12.2 Å². The van der Waals surface area contributed by atoms with E-state index in [2.05, 4.69) is 0 Å². The molecular weight excluding hydrogens is 376 g/mol. The van der Waals surface area contributed by atoms with Crippen molar-refractivity contribution in [2.45, 2.75) is 39.9 Å². The standard InChI is InChI=1S/C16H24N4O8/c1-7(2)11(13(23)19-15(17)25)27-9(21)5-6-10(22)28-12(8(3)4)14(24)20-16(18)26/h5-8,11-12H,1-4H3,(H3,17,19,23,25)(H3,18,20,24,26)/b6-5+. The summed E-state index contributed by atoms with van der Waals surface area (Å²) in [5, 5.41) is 3.57. The molecule has 0 aliphatic rings. The molecule has 0 rings (SSSR count). The van der Waals surface area contributed by atoms with E-state index in [1.807, 2.05) is 0 Å². The second-order valence-electron chi connectivity index (χ2n) is 6.24. The van der Waals surface area contributed by atoms with Gasteiger partial charge in [0.2, 0.25) is 0 Å². The van der Waals surface area contributed by atoms with Crippen LogP contribution >= 0.6 is 0 Å². The quantitative estimate of drug-likeness (QED) is 0.296. The van der Waals surface area contributed by atoms with E-state index in [1.165, 1.54) is 0 Å². The Morgan fingerprint density at radius 1 is 0.679 bits per heavy atom. The molecule has 28 heavy (non-hydrogen) atoms. The number of carbonyl (C=O) groups excluding carboxylic acids is 6. The Kier molecular flexibility index (Phi) is 9.92. The zero-order valence-electron chi connectivity index (χ0n) is 15.9. The SMILES string of the molecule is CC(C)C(OC(=O)/C=C/C(=O)OC(C(=O)NC(N)=O)C(C)C)C(=O)NC(N)=O. The van der Waals surface area contributed by atoms with Crippen LogP contribution < -0.4 is 22.1 Å². The summed E-state index contributed by atoms with van der Waals surface area (Å²) in [7, 11) is 0. The molecule has 0 saturated heterocycles. The largest absolute Gasteiger partial charge is 0.449 e. The Morgan fingerprint density at radius 3 is 1.18 bits per heavy atom. The maximum absolute atomic E-state index is 11.8. The molecule has 0 aromatic rings. The number of nitrogens with one attached hydrogen (secondary N) is 2. The summed E-state index contributed by atoms with van der Waals surface area (Å²) in [4.78, 5) is 68.6. The Labute approximate surface area is 160 Å². The molecule has 6 amide bonds. The first-order valence-corrected chi connectivity index (χ1v) is 8.15. The van der Waals surface area contributed by atoms with Gasteiger partial charge in [0.1, 0.15) is 0 Å². The summed E-state index contributed by atoms with van der Waals surface area (Å²) < 4.78 is 9.77. The van der Waals surface area contributed by atoms with Gasteiger partial charge >= 0.3 is 24.0 Å². The summed E-state index contributed by atoms with van der Waals surface area (Å²) in [6.07, 6.45) is -1.30. The van der Waals surface area contributed by atoms with Crippen molar-refractivity contribution >= 4 is 35.8 Å². The third kappa shape index (κ3) is 9.31. The topological polar surface area (TPSA) is 197 Å². The lowest BCUT2D eigenvalue weighted by Gasteiger charge is -2.19. The molecule has 0 aliphatic heterocycles. The fourth-order valence-electron chi connectivity index (χ4n) is 1.83. The number of hydrogen-bond donors (Lipinski definition) is 4. The van der Waals surface area contributed by atoms with Crippen molar-refractivity contribution in [2.75, 3.05) is 0 Å². The second-order valence-corrected chi connectivity index (χ2v) is 6.24. The number of rotatable bonds is 8. The molecule has 156 valence electrons. The van der Waals surface area contributed by atoms with E-state index in [0.29, 0.717) is 12.2 Å². The fraction of sp³-hybridized carbons (Fsp3) is 0.500. The normalized spacial score (nSPS) is 12.9. The number of hydrogen-bond acceptors (Lipinski definition) is 8. The molecule has 12 nitrogen and oxygen atoms in total. The van der Waals surface area contributed by atoms with Crippen molar-refractivity contribution < 1.29 is 38.2 Å². The van der Waals surface area contributed by atoms with E-state index in [9.17, 15) is 28.8 Å². The zero-order valence-corrected chi connectivity index (χ0v) is 15.9. The van der Waals surface area contributed by atoms with E-state index in [0.717, 1.165) is 0 Å². The van der Waals surface area contributed by atoms with Crippen LogP contribution in [0.5, 0.6) is 0 Å². The minimum Gasteiger partial charge on any atom is -0.449 e. The van der Waals surface area contributed by atoms with Crippen molar-refractivity contribution in [1.82, 2.24) is 10.6 Å². The highest BCUT2D eigenvalue weighted by atomic mass is 16.6. The average molecular weight is 400 g/mol. The lowest BCUT2D eigenvalue weighted by molar-refractivity contribution is -0.155. The Hall–Kier alpha value is -3.44. The maximum Gasteiger partial charge on any atom is 0.331 e. The molecule has 2 unspecified atom stereocenters. The van der Waals surface area contributed by atoms with E-state index < -0.39 is 59.9 Å². The zero-order chi connectivity index (χ0) is 22.0. The molecule has 0 fully saturated rings. The van der Waals surface area contributed by atoms with Gasteiger partial charge < -0.3 is 20.9 Å². The summed E-state index contributed by atoms with van der Waals surface area (Å²) in [6.45, 7) is 6.23. The van der Waals surface area contributed by atoms with Crippen LogP contribution in [0.3, 0.4) is 0 Å². The number of imide groups is 2. The number of carbonyl (C=O) groups is 6. The van der Waals surface area contributed by atoms with Gasteiger partial charge in [-0.2, -0.15) is 0 Å². The molecule has 0 saturated carbocycles. The Morgan fingerprint density at radius 2 is 0.964 bits per heavy atom. The van der Waals surface area contributed by atoms with Crippen molar-refractivity contribution in [2.24, 2.45) is 23.3 Å². The van der Waals surface area contributed by atoms with Gasteiger partial charge in [-0.25, -0.2) is 19.2 Å². The van der Waals surface area contributed by atoms with E-state index in [4.69, 9.17) is 20.9 Å². The predicted octanol–water partition coefficient (Wildman–Crippen LogP) is -0.932. The Balaban J connectivity index is 4.95. The van der Waals surface area contributed by atoms with Gasteiger partial charge in [0.05, 0.1) is 0 Å². The molecule has 6 N–H and O–H groups in total. The van der Waals surface area contributed by atoms with Crippen LogP contribution in [-0.2, 0) is 28.7 Å². The average Bonchev–Trinajstić information content (AvgIpc) is 2.53. The highest BCUT2D eigenvalue weighted by Gasteiger charge is 2.28. The van der Waals surface area contributed by atoms with Crippen LogP contribution in [0.25, 0.3) is 0 Å². The van der Waals surface area contributed by atoms with Crippen molar-refractivity contribution in [1.29, 1.82) is 0 Å². The number of urea groups is 2. The number of nitrogens with two attached hydrogens (primary N) is 2. The molecule has 0 spiro atoms. The van der Waals surface area contributed by atoms with E-state index >= 15 is 0 Å². The van der Waals surface area contributed by atoms with Crippen molar-refractivity contribution in [3.8, 4) is 0 Å². The molecule has 0 aromatic carbocycles. The summed E-state index contributed by atoms with van der Waals surface area (Å²) in [5.74, 6) is -4.97. The minimum atomic E-state index is -1.33. The number of ether oxygens (including phenoxy) is 2. The summed E-state index contributed by atoms with van der Waals surface area (Å²) in [6, 6.07) is -2.22. The summed E-state index contributed by atoms with van der Waals surface area (Å²) >= 11 is 0. The van der Waals surface area contributed by atoms with E-state index in [1.54, 1.807) is 38.3 Å². The van der Waals surface area contributed by atoms with Gasteiger partial charge in [0.15, 0.2) is 12.2 Å². The first-order valence-electron chi connectivity index (χ1n) is 8.15. The van der Waals surface area contributed by atoms with Crippen LogP contribution in [0, 0.1) is 11.8 Å². The molecule has 0 bridgehead atoms. The smallest absolute Gasteiger partial charge is 0.331 e. The van der Waals surface area contributed by atoms with Gasteiger partial charge in [0, 0.05) is 12.2 Å². The van der Waals surface area contributed by atoms with Crippen LogP contribution in [-0.4, -0.2) is 48.0 Å². The minimum absolute atomic E-state index is 0.494. The van der Waals surface area contributed by atoms with Crippen LogP contribution in [0.2, 0.25) is 0 Å². The lowest BCUT2D eigenvalue weighted by Crippen LogP contribution is -2.45. The molecular formula is C16H24N4O8. The van der Waals surface area contributed by atoms with Crippen LogP contribution in [0.1, 0.15) is 27.7 Å². The molecule has 0 radical (unpaired) electrons. The monoisotopic (exact) mass is 400 g/mol. The number of primary amides is 2. The molecule has 0 heterocycles. The lowest BCUT2D eigenvalue weighted by atomic mass is 10.1. The maximum atomic E-state index is 11.8. The summed E-state index contributed by atoms with van der Waals surface area (Å²) in [5.41, 5.74) is 9.68. The van der Waals surface area contributed by atoms with Gasteiger partial charge in [0.25, 0.3) is 11.8 Å². The molecule has 0 aliphatic carbocycles. The molecule has 12 heteroatoms. The highest BCUT2D eigenvalue weighted by Crippen LogP contribution is 2.09. The third-order valence-electron chi connectivity index (χ3n) is 3.06. The molecule has 2 atom stereocenters. The van der Waals surface area contributed by atoms with Crippen LogP contribution in [0.4, 0.5) is 9.59 Å². The van der Waals surface area contributed by atoms with Gasteiger partial charge in [-0.15, -0.1) is 0 Å². The second kappa shape index (κ2) is 11.3. The number of amides is 6. The third-order valence-corrected chi connectivity index (χ3v) is 3.06. The van der Waals surface area contributed by atoms with Gasteiger partial charge in [-0.05, 0) is 11.8 Å². The predicted molar refractivity (Wildman–Crippen MR) is 94.0 cm³/mol. The first kappa shape index (κ1) is 24.6. The van der Waals surface area contributed by atoms with E-state index in [-0.39, 0.29) is 0 Å². The fourth-order valence-corrected chi connectivity index (χ4v) is 1.83.